The molecule has 138 valence electrons. The van der Waals surface area contributed by atoms with Gasteiger partial charge >= 0.3 is 12.1 Å². The van der Waals surface area contributed by atoms with E-state index in [0.717, 1.165) is 15.6 Å². The highest BCUT2D eigenvalue weighted by Crippen LogP contribution is 2.24. The largest absolute Gasteiger partial charge is 0.479 e. The first kappa shape index (κ1) is 20.0. The molecule has 0 heterocycles. The van der Waals surface area contributed by atoms with E-state index in [2.05, 4.69) is 15.9 Å². The van der Waals surface area contributed by atoms with Crippen LogP contribution in [0.5, 0.6) is 0 Å². The van der Waals surface area contributed by atoms with Gasteiger partial charge in [-0.1, -0.05) is 58.4 Å². The van der Waals surface area contributed by atoms with E-state index >= 15 is 0 Å². The lowest BCUT2D eigenvalue weighted by atomic mass is 9.91. The van der Waals surface area contributed by atoms with Crippen molar-refractivity contribution >= 4 is 28.0 Å². The van der Waals surface area contributed by atoms with E-state index in [0.29, 0.717) is 0 Å². The van der Waals surface area contributed by atoms with Gasteiger partial charge in [0.25, 0.3) is 0 Å². The molecule has 26 heavy (non-hydrogen) atoms. The third-order valence-electron chi connectivity index (χ3n) is 4.26. The van der Waals surface area contributed by atoms with Crippen LogP contribution < -0.4 is 0 Å². The van der Waals surface area contributed by atoms with Crippen molar-refractivity contribution in [3.8, 4) is 0 Å². The SMILES string of the molecule is CCN(C(=O)OCc1ccccc1)C(C)(Cc1ccc(Br)cc1)C(=O)O. The number of carbonyl (C=O) groups excluding carboxylic acids is 1. The molecular weight excluding hydrogens is 398 g/mol. The second kappa shape index (κ2) is 8.85. The first-order valence-electron chi connectivity index (χ1n) is 8.33. The number of aliphatic carboxylic acids is 1. The molecule has 1 N–H and O–H groups in total. The Bertz CT molecular complexity index is 748. The summed E-state index contributed by atoms with van der Waals surface area (Å²) in [5.74, 6) is -1.07. The van der Waals surface area contributed by atoms with Crippen molar-refractivity contribution < 1.29 is 19.4 Å². The predicted molar refractivity (Wildman–Crippen MR) is 103 cm³/mol. The Hall–Kier alpha value is -2.34. The lowest BCUT2D eigenvalue weighted by Gasteiger charge is -2.36. The van der Waals surface area contributed by atoms with Crippen molar-refractivity contribution in [1.82, 2.24) is 4.90 Å². The Kier molecular flexibility index (Phi) is 6.80. The fourth-order valence-electron chi connectivity index (χ4n) is 2.76. The molecule has 0 spiro atoms. The lowest BCUT2D eigenvalue weighted by Crippen LogP contribution is -2.56. The second-order valence-corrected chi connectivity index (χ2v) is 7.08. The number of carboxylic acid groups (broad SMARTS) is 1. The predicted octanol–water partition coefficient (Wildman–Crippen LogP) is 4.49. The maximum Gasteiger partial charge on any atom is 0.411 e. The molecule has 2 aromatic carbocycles. The summed E-state index contributed by atoms with van der Waals surface area (Å²) in [7, 11) is 0. The van der Waals surface area contributed by atoms with Crippen LogP contribution in [0.3, 0.4) is 0 Å². The first-order chi connectivity index (χ1) is 12.4. The molecule has 6 heteroatoms. The zero-order valence-electron chi connectivity index (χ0n) is 14.8. The Morgan fingerprint density at radius 1 is 1.08 bits per heavy atom. The number of likely N-dealkylation sites (N-methyl/N-ethyl adjacent to an activating group) is 1. The molecular formula is C20H22BrNO4. The van der Waals surface area contributed by atoms with E-state index in [4.69, 9.17) is 4.74 Å². The van der Waals surface area contributed by atoms with Crippen LogP contribution in [0.15, 0.2) is 59.1 Å². The maximum absolute atomic E-state index is 12.6. The van der Waals surface area contributed by atoms with Crippen LogP contribution in [0, 0.1) is 0 Å². The fourth-order valence-corrected chi connectivity index (χ4v) is 3.03. The minimum atomic E-state index is -1.41. The van der Waals surface area contributed by atoms with Gasteiger partial charge < -0.3 is 9.84 Å². The molecule has 1 amide bonds. The fraction of sp³-hybridized carbons (Fsp3) is 0.300. The van der Waals surface area contributed by atoms with Crippen LogP contribution in [-0.4, -0.2) is 34.2 Å². The summed E-state index contributed by atoms with van der Waals surface area (Å²) in [6.07, 6.45) is -0.456. The number of hydrogen-bond donors (Lipinski definition) is 1. The van der Waals surface area contributed by atoms with Gasteiger partial charge in [-0.3, -0.25) is 4.90 Å². The summed E-state index contributed by atoms with van der Waals surface area (Å²) in [5.41, 5.74) is 0.269. The molecule has 0 aromatic heterocycles. The number of nitrogens with zero attached hydrogens (tertiary/aromatic N) is 1. The van der Waals surface area contributed by atoms with Crippen LogP contribution in [0.25, 0.3) is 0 Å². The maximum atomic E-state index is 12.6. The number of halogens is 1. The Morgan fingerprint density at radius 2 is 1.69 bits per heavy atom. The van der Waals surface area contributed by atoms with E-state index in [1.54, 1.807) is 13.8 Å². The average Bonchev–Trinajstić information content (AvgIpc) is 2.63. The number of ether oxygens (including phenoxy) is 1. The van der Waals surface area contributed by atoms with Crippen LogP contribution in [0.4, 0.5) is 4.79 Å². The van der Waals surface area contributed by atoms with Crippen molar-refractivity contribution in [2.75, 3.05) is 6.54 Å². The minimum Gasteiger partial charge on any atom is -0.479 e. The van der Waals surface area contributed by atoms with E-state index in [9.17, 15) is 14.7 Å². The van der Waals surface area contributed by atoms with E-state index < -0.39 is 17.6 Å². The molecule has 2 rings (SSSR count). The molecule has 0 aliphatic carbocycles. The number of carbonyl (C=O) groups is 2. The van der Waals surface area contributed by atoms with E-state index in [1.165, 1.54) is 4.90 Å². The van der Waals surface area contributed by atoms with Gasteiger partial charge in [-0.15, -0.1) is 0 Å². The van der Waals surface area contributed by atoms with Crippen LogP contribution in [0.2, 0.25) is 0 Å². The molecule has 0 radical (unpaired) electrons. The zero-order chi connectivity index (χ0) is 19.2. The van der Waals surface area contributed by atoms with Crippen molar-refractivity contribution in [2.45, 2.75) is 32.4 Å². The van der Waals surface area contributed by atoms with Crippen molar-refractivity contribution in [3.05, 3.63) is 70.2 Å². The normalized spacial score (nSPS) is 12.9. The molecule has 2 aromatic rings. The van der Waals surface area contributed by atoms with Crippen molar-refractivity contribution in [3.63, 3.8) is 0 Å². The van der Waals surface area contributed by atoms with Gasteiger partial charge in [0.2, 0.25) is 0 Å². The number of rotatable bonds is 7. The van der Waals surface area contributed by atoms with E-state index in [-0.39, 0.29) is 19.6 Å². The Balaban J connectivity index is 2.16. The summed E-state index contributed by atoms with van der Waals surface area (Å²) in [4.78, 5) is 25.9. The van der Waals surface area contributed by atoms with E-state index in [1.807, 2.05) is 54.6 Å². The molecule has 0 aliphatic rings. The first-order valence-corrected chi connectivity index (χ1v) is 9.12. The van der Waals surface area contributed by atoms with Gasteiger partial charge in [-0.2, -0.15) is 0 Å². The highest BCUT2D eigenvalue weighted by atomic mass is 79.9. The highest BCUT2D eigenvalue weighted by Gasteiger charge is 2.42. The van der Waals surface area contributed by atoms with Crippen molar-refractivity contribution in [1.29, 1.82) is 0 Å². The van der Waals surface area contributed by atoms with Gasteiger partial charge in [-0.05, 0) is 37.1 Å². The summed E-state index contributed by atoms with van der Waals surface area (Å²) in [6.45, 7) is 3.62. The topological polar surface area (TPSA) is 66.8 Å². The minimum absolute atomic E-state index is 0.101. The average molecular weight is 420 g/mol. The van der Waals surface area contributed by atoms with Crippen molar-refractivity contribution in [2.24, 2.45) is 0 Å². The number of carboxylic acids is 1. The summed E-state index contributed by atoms with van der Waals surface area (Å²) < 4.78 is 6.26. The highest BCUT2D eigenvalue weighted by molar-refractivity contribution is 9.10. The van der Waals surface area contributed by atoms with Gasteiger partial charge in [0.05, 0.1) is 0 Å². The number of benzene rings is 2. The van der Waals surface area contributed by atoms with Gasteiger partial charge in [0.15, 0.2) is 0 Å². The molecule has 0 saturated carbocycles. The second-order valence-electron chi connectivity index (χ2n) is 6.17. The smallest absolute Gasteiger partial charge is 0.411 e. The molecule has 0 saturated heterocycles. The molecule has 0 fully saturated rings. The molecule has 0 bridgehead atoms. The van der Waals surface area contributed by atoms with Crippen LogP contribution >= 0.6 is 15.9 Å². The quantitative estimate of drug-likeness (QED) is 0.717. The molecule has 1 unspecified atom stereocenters. The summed E-state index contributed by atoms with van der Waals surface area (Å²) in [6, 6.07) is 16.7. The standard InChI is InChI=1S/C20H22BrNO4/c1-3-22(19(25)26-14-16-7-5-4-6-8-16)20(2,18(23)24)13-15-9-11-17(21)12-10-15/h4-12H,3,13-14H2,1-2H3,(H,23,24). The monoisotopic (exact) mass is 419 g/mol. The van der Waals surface area contributed by atoms with Gasteiger partial charge in [0.1, 0.15) is 12.1 Å². The molecule has 1 atom stereocenters. The Labute approximate surface area is 161 Å². The van der Waals surface area contributed by atoms with Gasteiger partial charge in [0, 0.05) is 17.4 Å². The Morgan fingerprint density at radius 3 is 2.23 bits per heavy atom. The molecule has 5 nitrogen and oxygen atoms in total. The van der Waals surface area contributed by atoms with Gasteiger partial charge in [-0.25, -0.2) is 9.59 Å². The van der Waals surface area contributed by atoms with Crippen LogP contribution in [0.1, 0.15) is 25.0 Å². The number of amides is 1. The molecule has 0 aliphatic heterocycles. The zero-order valence-corrected chi connectivity index (χ0v) is 16.4. The summed E-state index contributed by atoms with van der Waals surface area (Å²) in [5, 5.41) is 9.83. The summed E-state index contributed by atoms with van der Waals surface area (Å²) >= 11 is 3.36. The van der Waals surface area contributed by atoms with Crippen LogP contribution in [-0.2, 0) is 22.6 Å². The number of hydrogen-bond acceptors (Lipinski definition) is 3. The third-order valence-corrected chi connectivity index (χ3v) is 4.79. The lowest BCUT2D eigenvalue weighted by molar-refractivity contribution is -0.149. The third kappa shape index (κ3) is 4.85.